The van der Waals surface area contributed by atoms with E-state index in [1.165, 1.54) is 0 Å². The van der Waals surface area contributed by atoms with Crippen LogP contribution in [0, 0.1) is 0 Å². The molecule has 0 aromatic heterocycles. The second kappa shape index (κ2) is 7.33. The van der Waals surface area contributed by atoms with Crippen LogP contribution in [0.1, 0.15) is 12.5 Å². The summed E-state index contributed by atoms with van der Waals surface area (Å²) in [7, 11) is 0. The van der Waals surface area contributed by atoms with Crippen LogP contribution < -0.4 is 0 Å². The minimum Gasteiger partial charge on any atom is -0.474 e. The average Bonchev–Trinajstić information content (AvgIpc) is 2.43. The zero-order chi connectivity index (χ0) is 14.3. The Morgan fingerprint density at radius 3 is 2.47 bits per heavy atom. The van der Waals surface area contributed by atoms with Crippen molar-refractivity contribution in [3.63, 3.8) is 0 Å². The highest BCUT2D eigenvalue weighted by Crippen LogP contribution is 2.17. The normalized spacial score (nSPS) is 9.95. The first-order chi connectivity index (χ1) is 9.07. The SMILES string of the molecule is C=C(c1ccccc1)N(CCOCC)C(=O)C(=O)O. The van der Waals surface area contributed by atoms with Gasteiger partial charge in [0.05, 0.1) is 6.61 Å². The number of carboxylic acid groups (broad SMARTS) is 1. The third kappa shape index (κ3) is 4.22. The summed E-state index contributed by atoms with van der Waals surface area (Å²) in [6.45, 7) is 6.55. The highest BCUT2D eigenvalue weighted by atomic mass is 16.5. The summed E-state index contributed by atoms with van der Waals surface area (Å²) in [5.74, 6) is -2.51. The highest BCUT2D eigenvalue weighted by Gasteiger charge is 2.23. The van der Waals surface area contributed by atoms with Crippen molar-refractivity contribution in [2.75, 3.05) is 19.8 Å². The smallest absolute Gasteiger partial charge is 0.394 e. The maximum absolute atomic E-state index is 11.7. The number of ether oxygens (including phenoxy) is 1. The molecule has 0 bridgehead atoms. The van der Waals surface area contributed by atoms with Crippen LogP contribution in [-0.2, 0) is 14.3 Å². The molecule has 0 spiro atoms. The molecule has 0 unspecified atom stereocenters. The largest absolute Gasteiger partial charge is 0.474 e. The second-order valence-corrected chi connectivity index (χ2v) is 3.77. The summed E-state index contributed by atoms with van der Waals surface area (Å²) in [5, 5.41) is 8.83. The first-order valence-corrected chi connectivity index (χ1v) is 5.94. The molecule has 0 fully saturated rings. The fourth-order valence-corrected chi connectivity index (χ4v) is 1.56. The number of carbonyl (C=O) groups is 2. The Morgan fingerprint density at radius 2 is 1.95 bits per heavy atom. The Bertz CT molecular complexity index is 456. The number of rotatable bonds is 6. The molecule has 0 saturated carbocycles. The van der Waals surface area contributed by atoms with Crippen LogP contribution in [0.15, 0.2) is 36.9 Å². The molecule has 1 amide bonds. The summed E-state index contributed by atoms with van der Waals surface area (Å²) in [5.41, 5.74) is 1.06. The molecular weight excluding hydrogens is 246 g/mol. The van der Waals surface area contributed by atoms with Gasteiger partial charge in [-0.25, -0.2) is 4.79 Å². The van der Waals surface area contributed by atoms with Crippen molar-refractivity contribution in [3.05, 3.63) is 42.5 Å². The van der Waals surface area contributed by atoms with E-state index in [4.69, 9.17) is 9.84 Å². The fourth-order valence-electron chi connectivity index (χ4n) is 1.56. The maximum Gasteiger partial charge on any atom is 0.394 e. The monoisotopic (exact) mass is 263 g/mol. The zero-order valence-electron chi connectivity index (χ0n) is 10.8. The van der Waals surface area contributed by atoms with Crippen LogP contribution >= 0.6 is 0 Å². The highest BCUT2D eigenvalue weighted by molar-refractivity contribution is 6.32. The molecule has 1 N–H and O–H groups in total. The quantitative estimate of drug-likeness (QED) is 0.625. The second-order valence-electron chi connectivity index (χ2n) is 3.77. The van der Waals surface area contributed by atoms with Crippen molar-refractivity contribution < 1.29 is 19.4 Å². The number of carbonyl (C=O) groups excluding carboxylic acids is 1. The molecule has 0 atom stereocenters. The molecular formula is C14H17NO4. The van der Waals surface area contributed by atoms with E-state index in [-0.39, 0.29) is 13.2 Å². The van der Waals surface area contributed by atoms with Crippen LogP contribution in [0.2, 0.25) is 0 Å². The number of amides is 1. The van der Waals surface area contributed by atoms with Crippen molar-refractivity contribution in [2.45, 2.75) is 6.92 Å². The van der Waals surface area contributed by atoms with E-state index >= 15 is 0 Å². The van der Waals surface area contributed by atoms with Gasteiger partial charge >= 0.3 is 11.9 Å². The Morgan fingerprint density at radius 1 is 1.32 bits per heavy atom. The lowest BCUT2D eigenvalue weighted by Gasteiger charge is -2.23. The van der Waals surface area contributed by atoms with Gasteiger partial charge in [0.1, 0.15) is 0 Å². The molecule has 1 rings (SSSR count). The number of nitrogens with zero attached hydrogens (tertiary/aromatic N) is 1. The van der Waals surface area contributed by atoms with Crippen LogP contribution in [0.3, 0.4) is 0 Å². The van der Waals surface area contributed by atoms with E-state index in [0.717, 1.165) is 4.90 Å². The van der Waals surface area contributed by atoms with Crippen molar-refractivity contribution in [2.24, 2.45) is 0 Å². The van der Waals surface area contributed by atoms with Crippen LogP contribution in [0.5, 0.6) is 0 Å². The van der Waals surface area contributed by atoms with Gasteiger partial charge in [0.15, 0.2) is 0 Å². The average molecular weight is 263 g/mol. The van der Waals surface area contributed by atoms with Gasteiger partial charge in [-0.05, 0) is 12.5 Å². The molecule has 0 aliphatic heterocycles. The molecule has 5 nitrogen and oxygen atoms in total. The van der Waals surface area contributed by atoms with Crippen molar-refractivity contribution >= 4 is 17.6 Å². The molecule has 0 heterocycles. The lowest BCUT2D eigenvalue weighted by molar-refractivity contribution is -0.154. The summed E-state index contributed by atoms with van der Waals surface area (Å²) in [6.07, 6.45) is 0. The summed E-state index contributed by atoms with van der Waals surface area (Å²) >= 11 is 0. The van der Waals surface area contributed by atoms with Gasteiger partial charge in [-0.1, -0.05) is 36.9 Å². The van der Waals surface area contributed by atoms with E-state index in [9.17, 15) is 9.59 Å². The fraction of sp³-hybridized carbons (Fsp3) is 0.286. The zero-order valence-corrected chi connectivity index (χ0v) is 10.8. The maximum atomic E-state index is 11.7. The first kappa shape index (κ1) is 14.9. The van der Waals surface area contributed by atoms with Crippen LogP contribution in [0.25, 0.3) is 5.70 Å². The molecule has 0 radical (unpaired) electrons. The molecule has 5 heteroatoms. The van der Waals surface area contributed by atoms with Crippen molar-refractivity contribution in [3.8, 4) is 0 Å². The molecule has 1 aromatic carbocycles. The minimum absolute atomic E-state index is 0.159. The van der Waals surface area contributed by atoms with Gasteiger partial charge in [-0.15, -0.1) is 0 Å². The summed E-state index contributed by atoms with van der Waals surface area (Å²) in [6, 6.07) is 8.97. The predicted molar refractivity (Wildman–Crippen MR) is 71.3 cm³/mol. The Kier molecular flexibility index (Phi) is 5.75. The number of benzene rings is 1. The predicted octanol–water partition coefficient (Wildman–Crippen LogP) is 1.61. The number of hydrogen-bond acceptors (Lipinski definition) is 3. The first-order valence-electron chi connectivity index (χ1n) is 5.94. The van der Waals surface area contributed by atoms with Gasteiger partial charge in [-0.2, -0.15) is 0 Å². The van der Waals surface area contributed by atoms with Gasteiger partial charge in [0, 0.05) is 18.8 Å². The summed E-state index contributed by atoms with van der Waals surface area (Å²) < 4.78 is 5.15. The number of hydrogen-bond donors (Lipinski definition) is 1. The topological polar surface area (TPSA) is 66.8 Å². The third-order valence-corrected chi connectivity index (χ3v) is 2.52. The lowest BCUT2D eigenvalue weighted by atomic mass is 10.1. The van der Waals surface area contributed by atoms with E-state index in [2.05, 4.69) is 6.58 Å². The van der Waals surface area contributed by atoms with Crippen molar-refractivity contribution in [1.82, 2.24) is 4.90 Å². The van der Waals surface area contributed by atoms with Crippen molar-refractivity contribution in [1.29, 1.82) is 0 Å². The van der Waals surface area contributed by atoms with Gasteiger partial charge in [-0.3, -0.25) is 4.79 Å². The van der Waals surface area contributed by atoms with E-state index in [1.807, 2.05) is 13.0 Å². The molecule has 0 saturated heterocycles. The van der Waals surface area contributed by atoms with Gasteiger partial charge < -0.3 is 14.7 Å². The number of aliphatic carboxylic acids is 1. The molecule has 0 aliphatic rings. The molecule has 1 aromatic rings. The number of carboxylic acids is 1. The van der Waals surface area contributed by atoms with Crippen LogP contribution in [-0.4, -0.2) is 41.6 Å². The Hall–Kier alpha value is -2.14. The lowest BCUT2D eigenvalue weighted by Crippen LogP contribution is -2.37. The minimum atomic E-state index is -1.51. The molecule has 102 valence electrons. The molecule has 0 aliphatic carbocycles. The Balaban J connectivity index is 2.86. The van der Waals surface area contributed by atoms with E-state index < -0.39 is 11.9 Å². The molecule has 19 heavy (non-hydrogen) atoms. The van der Waals surface area contributed by atoms with Gasteiger partial charge in [0.25, 0.3) is 0 Å². The van der Waals surface area contributed by atoms with Gasteiger partial charge in [0.2, 0.25) is 0 Å². The summed E-state index contributed by atoms with van der Waals surface area (Å²) in [4.78, 5) is 23.6. The standard InChI is InChI=1S/C14H17NO4/c1-3-19-10-9-15(13(16)14(17)18)11(2)12-7-5-4-6-8-12/h4-8H,2-3,9-10H2,1H3,(H,17,18). The van der Waals surface area contributed by atoms with E-state index in [0.29, 0.717) is 17.9 Å². The van der Waals surface area contributed by atoms with E-state index in [1.54, 1.807) is 24.3 Å². The third-order valence-electron chi connectivity index (χ3n) is 2.52. The van der Waals surface area contributed by atoms with Crippen LogP contribution in [0.4, 0.5) is 0 Å². The Labute approximate surface area is 112 Å².